The third-order valence-electron chi connectivity index (χ3n) is 2.93. The molecule has 2 aromatic rings. The van der Waals surface area contributed by atoms with Crippen molar-refractivity contribution in [3.63, 3.8) is 0 Å². The van der Waals surface area contributed by atoms with E-state index >= 15 is 0 Å². The second kappa shape index (κ2) is 5.54. The van der Waals surface area contributed by atoms with Gasteiger partial charge in [-0.1, -0.05) is 24.3 Å². The summed E-state index contributed by atoms with van der Waals surface area (Å²) < 4.78 is 13.6. The minimum atomic E-state index is -0.188. The maximum atomic E-state index is 13.6. The van der Waals surface area contributed by atoms with Crippen molar-refractivity contribution in [1.29, 1.82) is 0 Å². The van der Waals surface area contributed by atoms with Crippen molar-refractivity contribution in [2.45, 2.75) is 6.54 Å². The molecule has 2 aromatic carbocycles. The molecule has 3 heteroatoms. The van der Waals surface area contributed by atoms with Gasteiger partial charge >= 0.3 is 0 Å². The van der Waals surface area contributed by atoms with Gasteiger partial charge in [0.1, 0.15) is 5.82 Å². The van der Waals surface area contributed by atoms with Crippen LogP contribution in [0, 0.1) is 5.82 Å². The predicted molar refractivity (Wildman–Crippen MR) is 74.5 cm³/mol. The van der Waals surface area contributed by atoms with Crippen LogP contribution < -0.4 is 10.2 Å². The Morgan fingerprint density at radius 3 is 2.33 bits per heavy atom. The summed E-state index contributed by atoms with van der Waals surface area (Å²) in [4.78, 5) is 1.91. The fourth-order valence-electron chi connectivity index (χ4n) is 1.90. The van der Waals surface area contributed by atoms with Gasteiger partial charge in [-0.25, -0.2) is 4.39 Å². The zero-order valence-corrected chi connectivity index (χ0v) is 10.7. The van der Waals surface area contributed by atoms with E-state index in [1.807, 2.05) is 49.3 Å². The molecule has 94 valence electrons. The third kappa shape index (κ3) is 2.80. The van der Waals surface area contributed by atoms with Gasteiger partial charge in [-0.15, -0.1) is 0 Å². The number of halogens is 1. The molecule has 1 N–H and O–H groups in total. The van der Waals surface area contributed by atoms with Gasteiger partial charge < -0.3 is 10.2 Å². The molecule has 0 aromatic heterocycles. The summed E-state index contributed by atoms with van der Waals surface area (Å²) >= 11 is 0. The summed E-state index contributed by atoms with van der Waals surface area (Å²) in [5.74, 6) is -0.188. The molecule has 0 fully saturated rings. The van der Waals surface area contributed by atoms with Crippen LogP contribution >= 0.6 is 0 Å². The van der Waals surface area contributed by atoms with Crippen LogP contribution in [0.1, 0.15) is 5.56 Å². The zero-order chi connectivity index (χ0) is 13.0. The number of hydrogen-bond donors (Lipinski definition) is 1. The summed E-state index contributed by atoms with van der Waals surface area (Å²) in [6, 6.07) is 14.9. The zero-order valence-electron chi connectivity index (χ0n) is 10.7. The number of para-hydroxylation sites is 1. The maximum absolute atomic E-state index is 13.6. The Morgan fingerprint density at radius 2 is 1.72 bits per heavy atom. The first-order valence-corrected chi connectivity index (χ1v) is 5.93. The molecule has 0 saturated heterocycles. The fourth-order valence-corrected chi connectivity index (χ4v) is 1.90. The Morgan fingerprint density at radius 1 is 1.06 bits per heavy atom. The Bertz CT molecular complexity index is 508. The van der Waals surface area contributed by atoms with Gasteiger partial charge in [-0.2, -0.15) is 0 Å². The van der Waals surface area contributed by atoms with E-state index in [2.05, 4.69) is 5.32 Å². The Hall–Kier alpha value is -2.03. The largest absolute Gasteiger partial charge is 0.388 e. The second-order valence-corrected chi connectivity index (χ2v) is 4.25. The van der Waals surface area contributed by atoms with Crippen molar-refractivity contribution < 1.29 is 4.39 Å². The molecule has 0 aliphatic heterocycles. The van der Waals surface area contributed by atoms with E-state index < -0.39 is 0 Å². The standard InChI is InChI=1S/C15H17FN2/c1-17-13-9-7-12(8-10-13)11-18(2)15-6-4-3-5-14(15)16/h3-10,17H,11H2,1-2H3. The minimum Gasteiger partial charge on any atom is -0.388 e. The van der Waals surface area contributed by atoms with Crippen LogP contribution in [0.15, 0.2) is 48.5 Å². The van der Waals surface area contributed by atoms with Crippen molar-refractivity contribution in [2.24, 2.45) is 0 Å². The van der Waals surface area contributed by atoms with Crippen LogP contribution in [0.3, 0.4) is 0 Å². The van der Waals surface area contributed by atoms with Crippen molar-refractivity contribution in [3.05, 3.63) is 59.9 Å². The van der Waals surface area contributed by atoms with Gasteiger partial charge in [0.15, 0.2) is 0 Å². The second-order valence-electron chi connectivity index (χ2n) is 4.25. The Labute approximate surface area is 107 Å². The Balaban J connectivity index is 2.11. The van der Waals surface area contributed by atoms with Crippen LogP contribution in [-0.2, 0) is 6.54 Å². The van der Waals surface area contributed by atoms with Gasteiger partial charge in [-0.3, -0.25) is 0 Å². The molecule has 18 heavy (non-hydrogen) atoms. The van der Waals surface area contributed by atoms with Gasteiger partial charge in [0.2, 0.25) is 0 Å². The summed E-state index contributed by atoms with van der Waals surface area (Å²) in [5.41, 5.74) is 2.85. The van der Waals surface area contributed by atoms with E-state index in [0.717, 1.165) is 11.3 Å². The van der Waals surface area contributed by atoms with Crippen molar-refractivity contribution in [2.75, 3.05) is 24.3 Å². The third-order valence-corrected chi connectivity index (χ3v) is 2.93. The van der Waals surface area contributed by atoms with Crippen molar-refractivity contribution in [3.8, 4) is 0 Å². The maximum Gasteiger partial charge on any atom is 0.146 e. The van der Waals surface area contributed by atoms with Crippen LogP contribution in [0.2, 0.25) is 0 Å². The molecule has 0 atom stereocenters. The minimum absolute atomic E-state index is 0.188. The molecular weight excluding hydrogens is 227 g/mol. The first kappa shape index (κ1) is 12.4. The van der Waals surface area contributed by atoms with Crippen LogP contribution in [-0.4, -0.2) is 14.1 Å². The van der Waals surface area contributed by atoms with Crippen LogP contribution in [0.25, 0.3) is 0 Å². The normalized spacial score (nSPS) is 10.2. The van der Waals surface area contributed by atoms with E-state index in [4.69, 9.17) is 0 Å². The number of rotatable bonds is 4. The quantitative estimate of drug-likeness (QED) is 0.885. The highest BCUT2D eigenvalue weighted by Crippen LogP contribution is 2.19. The highest BCUT2D eigenvalue weighted by Gasteiger charge is 2.06. The average Bonchev–Trinajstić information content (AvgIpc) is 2.40. The number of anilines is 2. The molecule has 0 aliphatic carbocycles. The van der Waals surface area contributed by atoms with Gasteiger partial charge in [0, 0.05) is 26.3 Å². The molecule has 0 amide bonds. The van der Waals surface area contributed by atoms with E-state index in [1.54, 1.807) is 12.1 Å². The monoisotopic (exact) mass is 244 g/mol. The molecular formula is C15H17FN2. The van der Waals surface area contributed by atoms with Crippen molar-refractivity contribution in [1.82, 2.24) is 0 Å². The highest BCUT2D eigenvalue weighted by molar-refractivity contribution is 5.49. The van der Waals surface area contributed by atoms with Crippen molar-refractivity contribution >= 4 is 11.4 Å². The number of hydrogen-bond acceptors (Lipinski definition) is 2. The molecule has 0 bridgehead atoms. The lowest BCUT2D eigenvalue weighted by molar-refractivity contribution is 0.622. The molecule has 0 saturated carbocycles. The van der Waals surface area contributed by atoms with Crippen LogP contribution in [0.5, 0.6) is 0 Å². The SMILES string of the molecule is CNc1ccc(CN(C)c2ccccc2F)cc1. The van der Waals surface area contributed by atoms with E-state index in [-0.39, 0.29) is 5.82 Å². The Kier molecular flexibility index (Phi) is 3.82. The first-order chi connectivity index (χ1) is 8.70. The smallest absolute Gasteiger partial charge is 0.146 e. The lowest BCUT2D eigenvalue weighted by atomic mass is 10.2. The molecule has 2 rings (SSSR count). The number of nitrogens with one attached hydrogen (secondary N) is 1. The summed E-state index contributed by atoms with van der Waals surface area (Å²) in [5, 5.41) is 3.07. The van der Waals surface area contributed by atoms with Crippen LogP contribution in [0.4, 0.5) is 15.8 Å². The van der Waals surface area contributed by atoms with Gasteiger partial charge in [0.05, 0.1) is 5.69 Å². The number of benzene rings is 2. The summed E-state index contributed by atoms with van der Waals surface area (Å²) in [6.45, 7) is 0.685. The average molecular weight is 244 g/mol. The molecule has 2 nitrogen and oxygen atoms in total. The number of nitrogens with zero attached hydrogens (tertiary/aromatic N) is 1. The summed E-state index contributed by atoms with van der Waals surface area (Å²) in [7, 11) is 3.78. The van der Waals surface area contributed by atoms with E-state index in [1.165, 1.54) is 6.07 Å². The fraction of sp³-hybridized carbons (Fsp3) is 0.200. The lowest BCUT2D eigenvalue weighted by Crippen LogP contribution is -2.17. The molecule has 0 aliphatic rings. The molecule has 0 heterocycles. The molecule has 0 spiro atoms. The lowest BCUT2D eigenvalue weighted by Gasteiger charge is -2.20. The summed E-state index contributed by atoms with van der Waals surface area (Å²) in [6.07, 6.45) is 0. The molecule has 0 radical (unpaired) electrons. The first-order valence-electron chi connectivity index (χ1n) is 5.93. The predicted octanol–water partition coefficient (Wildman–Crippen LogP) is 3.50. The van der Waals surface area contributed by atoms with Gasteiger partial charge in [-0.05, 0) is 29.8 Å². The van der Waals surface area contributed by atoms with E-state index in [9.17, 15) is 4.39 Å². The van der Waals surface area contributed by atoms with E-state index in [0.29, 0.717) is 12.2 Å². The van der Waals surface area contributed by atoms with Gasteiger partial charge in [0.25, 0.3) is 0 Å². The topological polar surface area (TPSA) is 15.3 Å². The highest BCUT2D eigenvalue weighted by atomic mass is 19.1. The molecule has 0 unspecified atom stereocenters.